The van der Waals surface area contributed by atoms with E-state index in [1.165, 1.54) is 6.07 Å². The van der Waals surface area contributed by atoms with Crippen molar-refractivity contribution >= 4 is 46.7 Å². The molecule has 0 heterocycles. The van der Waals surface area contributed by atoms with E-state index in [1.54, 1.807) is 13.8 Å². The van der Waals surface area contributed by atoms with Crippen LogP contribution in [0.3, 0.4) is 0 Å². The summed E-state index contributed by atoms with van der Waals surface area (Å²) in [5.74, 6) is -2.12. The van der Waals surface area contributed by atoms with Gasteiger partial charge in [0.05, 0.1) is 28.9 Å². The van der Waals surface area contributed by atoms with E-state index in [4.69, 9.17) is 32.7 Å². The Bertz CT molecular complexity index is 1440. The second-order valence-electron chi connectivity index (χ2n) is 11.5. The largest absolute Gasteiger partial charge is 0.505 e. The fourth-order valence-corrected chi connectivity index (χ4v) is 4.78. The van der Waals surface area contributed by atoms with Gasteiger partial charge in [-0.25, -0.2) is 4.79 Å². The number of amides is 1. The van der Waals surface area contributed by atoms with Gasteiger partial charge < -0.3 is 30.5 Å². The van der Waals surface area contributed by atoms with Crippen LogP contribution in [0.2, 0.25) is 10.0 Å². The molecular weight excluding hydrogens is 605 g/mol. The second-order valence-corrected chi connectivity index (χ2v) is 12.3. The van der Waals surface area contributed by atoms with Gasteiger partial charge in [-0.2, -0.15) is 0 Å². The minimum atomic E-state index is -1.00. The Labute approximate surface area is 268 Å². The number of nitrogens with one attached hydrogen (secondary N) is 3. The van der Waals surface area contributed by atoms with Gasteiger partial charge in [0.2, 0.25) is 0 Å². The van der Waals surface area contributed by atoms with E-state index in [0.29, 0.717) is 13.1 Å². The number of carbonyl (C=O) groups excluding carboxylic acids is 3. The number of anilines is 1. The van der Waals surface area contributed by atoms with Crippen molar-refractivity contribution in [3.63, 3.8) is 0 Å². The molecule has 0 fully saturated rings. The van der Waals surface area contributed by atoms with Crippen molar-refractivity contribution in [2.75, 3.05) is 11.9 Å². The van der Waals surface area contributed by atoms with E-state index < -0.39 is 29.3 Å². The first kappa shape index (κ1) is 34.7. The summed E-state index contributed by atoms with van der Waals surface area (Å²) in [7, 11) is 0. The molecule has 0 aliphatic rings. The van der Waals surface area contributed by atoms with E-state index in [9.17, 15) is 19.5 Å². The van der Waals surface area contributed by atoms with Crippen molar-refractivity contribution in [1.29, 1.82) is 0 Å². The number of ether oxygens (including phenoxy) is 2. The maximum atomic E-state index is 13.2. The number of hydrogen-bond donors (Lipinski definition) is 4. The quantitative estimate of drug-likeness (QED) is 0.166. The van der Waals surface area contributed by atoms with E-state index in [-0.39, 0.29) is 46.3 Å². The normalized spacial score (nSPS) is 12.0. The highest BCUT2D eigenvalue weighted by Gasteiger charge is 2.27. The number of carbonyl (C=O) groups is 3. The molecule has 0 saturated carbocycles. The Balaban J connectivity index is 1.64. The van der Waals surface area contributed by atoms with Crippen LogP contribution in [-0.4, -0.2) is 47.2 Å². The van der Waals surface area contributed by atoms with Crippen LogP contribution >= 0.6 is 23.2 Å². The zero-order valence-corrected chi connectivity index (χ0v) is 27.0. The monoisotopic (exact) mass is 643 g/mol. The molecule has 44 heavy (non-hydrogen) atoms. The van der Waals surface area contributed by atoms with Crippen molar-refractivity contribution in [1.82, 2.24) is 10.6 Å². The number of hydrogen-bond acceptors (Lipinski definition) is 8. The van der Waals surface area contributed by atoms with Crippen LogP contribution in [0, 0.1) is 0 Å². The van der Waals surface area contributed by atoms with Crippen molar-refractivity contribution in [2.45, 2.75) is 71.9 Å². The van der Waals surface area contributed by atoms with Gasteiger partial charge in [-0.05, 0) is 57.4 Å². The van der Waals surface area contributed by atoms with Crippen LogP contribution in [0.1, 0.15) is 61.7 Å². The Kier molecular flexibility index (Phi) is 12.5. The SMILES string of the molecule is CC(C)OC(=O)[C@H](Cc1ccccc1)NC(=O)c1cc(Cl)c(NCc2ccc(CNCC(=O)OC(C)(C)C)cc2)c(Cl)c1O. The number of halogens is 2. The smallest absolute Gasteiger partial charge is 0.329 e. The number of rotatable bonds is 13. The maximum absolute atomic E-state index is 13.2. The van der Waals surface area contributed by atoms with Crippen LogP contribution in [-0.2, 0) is 38.6 Å². The number of esters is 2. The number of aromatic hydroxyl groups is 1. The lowest BCUT2D eigenvalue weighted by Gasteiger charge is -2.20. The summed E-state index contributed by atoms with van der Waals surface area (Å²) >= 11 is 12.9. The Hall–Kier alpha value is -3.79. The molecule has 4 N–H and O–H groups in total. The molecule has 0 aliphatic heterocycles. The number of phenolic OH excluding ortho intramolecular Hbond substituents is 1. The molecule has 3 aromatic rings. The molecule has 0 bridgehead atoms. The summed E-state index contributed by atoms with van der Waals surface area (Å²) in [6, 6.07) is 17.1. The fraction of sp³-hybridized carbons (Fsp3) is 0.364. The van der Waals surface area contributed by atoms with Crippen molar-refractivity contribution < 1.29 is 29.0 Å². The zero-order valence-electron chi connectivity index (χ0n) is 25.5. The van der Waals surface area contributed by atoms with E-state index >= 15 is 0 Å². The van der Waals surface area contributed by atoms with Crippen molar-refractivity contribution in [3.05, 3.63) is 93.0 Å². The van der Waals surface area contributed by atoms with Crippen LogP contribution in [0.15, 0.2) is 60.7 Å². The summed E-state index contributed by atoms with van der Waals surface area (Å²) in [5.41, 5.74) is 2.25. The first-order valence-corrected chi connectivity index (χ1v) is 15.0. The molecule has 0 spiro atoms. The number of benzene rings is 3. The topological polar surface area (TPSA) is 126 Å². The highest BCUT2D eigenvalue weighted by Crippen LogP contribution is 2.40. The third kappa shape index (κ3) is 10.7. The summed E-state index contributed by atoms with van der Waals surface area (Å²) < 4.78 is 10.6. The minimum Gasteiger partial charge on any atom is -0.505 e. The molecule has 0 radical (unpaired) electrons. The average molecular weight is 645 g/mol. The minimum absolute atomic E-state index is 0.102. The molecular formula is C33H39Cl2N3O6. The standard InChI is InChI=1S/C33H39Cl2N3O6/c1-20(2)43-32(42)26(15-21-9-7-6-8-10-21)38-31(41)24-16-25(34)29(28(35)30(24)40)37-18-23-13-11-22(12-14-23)17-36-19-27(39)44-33(3,4)5/h6-14,16,20,26,36-37,40H,15,17-19H2,1-5H3,(H,38,41)/t26-/m0/s1. The van der Waals surface area contributed by atoms with Gasteiger partial charge in [0.1, 0.15) is 22.4 Å². The van der Waals surface area contributed by atoms with E-state index in [0.717, 1.165) is 16.7 Å². The number of phenols is 1. The molecule has 0 aliphatic carbocycles. The molecule has 3 rings (SSSR count). The molecule has 1 amide bonds. The predicted molar refractivity (Wildman–Crippen MR) is 172 cm³/mol. The zero-order chi connectivity index (χ0) is 32.4. The fourth-order valence-electron chi connectivity index (χ4n) is 4.19. The second kappa shape index (κ2) is 15.8. The van der Waals surface area contributed by atoms with Gasteiger partial charge >= 0.3 is 11.9 Å². The Morgan fingerprint density at radius 1 is 0.909 bits per heavy atom. The van der Waals surface area contributed by atoms with E-state index in [1.807, 2.05) is 75.4 Å². The van der Waals surface area contributed by atoms with Crippen LogP contribution in [0.4, 0.5) is 5.69 Å². The van der Waals surface area contributed by atoms with Gasteiger partial charge in [0.25, 0.3) is 5.91 Å². The molecule has 0 saturated heterocycles. The summed E-state index contributed by atoms with van der Waals surface area (Å²) in [5, 5.41) is 19.6. The highest BCUT2D eigenvalue weighted by molar-refractivity contribution is 6.40. The first-order valence-electron chi connectivity index (χ1n) is 14.2. The maximum Gasteiger partial charge on any atom is 0.329 e. The first-order chi connectivity index (χ1) is 20.7. The average Bonchev–Trinajstić information content (AvgIpc) is 2.94. The molecule has 236 valence electrons. The summed E-state index contributed by atoms with van der Waals surface area (Å²) in [6.07, 6.45) is -0.184. The lowest BCUT2D eigenvalue weighted by atomic mass is 10.0. The molecule has 11 heteroatoms. The third-order valence-electron chi connectivity index (χ3n) is 6.17. The molecule has 0 unspecified atom stereocenters. The van der Waals surface area contributed by atoms with Gasteiger partial charge in [0, 0.05) is 19.5 Å². The van der Waals surface area contributed by atoms with Gasteiger partial charge in [0.15, 0.2) is 0 Å². The summed E-state index contributed by atoms with van der Waals surface area (Å²) in [6.45, 7) is 9.82. The molecule has 3 aromatic carbocycles. The molecule has 9 nitrogen and oxygen atoms in total. The highest BCUT2D eigenvalue weighted by atomic mass is 35.5. The lowest BCUT2D eigenvalue weighted by molar-refractivity contribution is -0.153. The van der Waals surface area contributed by atoms with Gasteiger partial charge in [-0.1, -0.05) is 77.8 Å². The molecule has 0 aromatic heterocycles. The Morgan fingerprint density at radius 3 is 2.11 bits per heavy atom. The van der Waals surface area contributed by atoms with Crippen LogP contribution < -0.4 is 16.0 Å². The molecule has 1 atom stereocenters. The predicted octanol–water partition coefficient (Wildman–Crippen LogP) is 6.04. The van der Waals surface area contributed by atoms with E-state index in [2.05, 4.69) is 16.0 Å². The van der Waals surface area contributed by atoms with Crippen LogP contribution in [0.25, 0.3) is 0 Å². The summed E-state index contributed by atoms with van der Waals surface area (Å²) in [4.78, 5) is 37.9. The van der Waals surface area contributed by atoms with Gasteiger partial charge in [-0.15, -0.1) is 0 Å². The van der Waals surface area contributed by atoms with Crippen LogP contribution in [0.5, 0.6) is 5.75 Å². The third-order valence-corrected chi connectivity index (χ3v) is 6.84. The lowest BCUT2D eigenvalue weighted by Crippen LogP contribution is -2.44. The van der Waals surface area contributed by atoms with Crippen molar-refractivity contribution in [3.8, 4) is 5.75 Å². The van der Waals surface area contributed by atoms with Crippen molar-refractivity contribution in [2.24, 2.45) is 0 Å². The van der Waals surface area contributed by atoms with Gasteiger partial charge in [-0.3, -0.25) is 9.59 Å². The Morgan fingerprint density at radius 2 is 1.52 bits per heavy atom.